The monoisotopic (exact) mass is 295 g/mol. The van der Waals surface area contributed by atoms with Crippen LogP contribution in [0.25, 0.3) is 0 Å². The lowest BCUT2D eigenvalue weighted by molar-refractivity contribution is -0.595. The van der Waals surface area contributed by atoms with Crippen molar-refractivity contribution in [3.05, 3.63) is 54.0 Å². The van der Waals surface area contributed by atoms with Crippen molar-refractivity contribution in [3.63, 3.8) is 0 Å². The third kappa shape index (κ3) is 20.4. The van der Waals surface area contributed by atoms with Gasteiger partial charge >= 0.3 is 0 Å². The van der Waals surface area contributed by atoms with Gasteiger partial charge in [-0.2, -0.15) is 10.2 Å². The minimum atomic E-state index is 0.750. The van der Waals surface area contributed by atoms with Crippen molar-refractivity contribution in [2.24, 2.45) is 7.05 Å². The first-order valence-electron chi connectivity index (χ1n) is 7.48. The molecule has 0 radical (unpaired) electrons. The molecule has 0 saturated carbocycles. The maximum Gasteiger partial charge on any atom is 0.257 e. The van der Waals surface area contributed by atoms with Crippen molar-refractivity contribution in [1.29, 1.82) is 0 Å². The molecule has 0 spiro atoms. The maximum atomic E-state index is 10.5. The topological polar surface area (TPSA) is 53.7 Å². The van der Waals surface area contributed by atoms with Crippen molar-refractivity contribution in [2.45, 2.75) is 48.0 Å². The van der Waals surface area contributed by atoms with Crippen LogP contribution in [-0.2, 0) is 7.05 Å². The quantitative estimate of drug-likeness (QED) is 0.693. The highest BCUT2D eigenvalue weighted by Gasteiger charge is 1.88. The molecule has 0 aliphatic carbocycles. The highest BCUT2D eigenvalue weighted by atomic mass is 16.3. The molecule has 0 aliphatic heterocycles. The van der Waals surface area contributed by atoms with Gasteiger partial charge in [-0.3, -0.25) is 0 Å². The summed E-state index contributed by atoms with van der Waals surface area (Å²) in [7, 11) is 1.69. The van der Waals surface area contributed by atoms with E-state index >= 15 is 0 Å². The van der Waals surface area contributed by atoms with Crippen molar-refractivity contribution in [1.82, 2.24) is 14.9 Å². The molecular weight excluding hydrogens is 264 g/mol. The smallest absolute Gasteiger partial charge is 0.159 e. The number of aryl methyl sites for hydroxylation is 1. The number of hydrogen-bond donors (Lipinski definition) is 0. The lowest BCUT2D eigenvalue weighted by atomic mass is 10.6. The van der Waals surface area contributed by atoms with Crippen LogP contribution in [0.5, 0.6) is 0 Å². The van der Waals surface area contributed by atoms with Crippen LogP contribution in [-0.4, -0.2) is 14.9 Å². The average molecular weight is 295 g/mol. The van der Waals surface area contributed by atoms with Crippen molar-refractivity contribution >= 4 is 0 Å². The molecule has 2 rings (SSSR count). The van der Waals surface area contributed by atoms with E-state index in [4.69, 9.17) is 0 Å². The second kappa shape index (κ2) is 23.1. The number of nitrogens with zero attached hydrogens (tertiary/aromatic N) is 4. The van der Waals surface area contributed by atoms with Crippen LogP contribution in [0.1, 0.15) is 48.0 Å². The Hall–Kier alpha value is -2.04. The van der Waals surface area contributed by atoms with Crippen LogP contribution < -0.4 is 4.54 Å². The van der Waals surface area contributed by atoms with Gasteiger partial charge in [-0.25, -0.2) is 0 Å². The Bertz CT molecular complexity index is 403. The minimum Gasteiger partial charge on any atom is -0.159 e. The van der Waals surface area contributed by atoms with Crippen LogP contribution in [0.2, 0.25) is 0 Å². The van der Waals surface area contributed by atoms with Gasteiger partial charge in [0.15, 0.2) is 4.54 Å². The first-order valence-corrected chi connectivity index (χ1v) is 7.48. The molecule has 0 N–H and O–H groups in total. The molecular formula is C16H31N4O+. The van der Waals surface area contributed by atoms with Crippen LogP contribution in [0, 0.1) is 4.91 Å². The van der Waals surface area contributed by atoms with Gasteiger partial charge in [-0.1, -0.05) is 48.0 Å². The van der Waals surface area contributed by atoms with Gasteiger partial charge in [-0.15, -0.1) is 4.68 Å². The van der Waals surface area contributed by atoms with E-state index in [1.165, 1.54) is 17.3 Å². The van der Waals surface area contributed by atoms with Gasteiger partial charge in [0.05, 0.1) is 18.2 Å². The SMILES string of the molecule is CC.CC.CCC.Cn1cccc[n+]1=O.c1ccnnc1. The Morgan fingerprint density at radius 3 is 1.52 bits per heavy atom. The second-order valence-corrected chi connectivity index (χ2v) is 3.18. The van der Waals surface area contributed by atoms with Crippen LogP contribution in [0.4, 0.5) is 0 Å². The Labute approximate surface area is 129 Å². The Morgan fingerprint density at radius 1 is 0.905 bits per heavy atom. The second-order valence-electron chi connectivity index (χ2n) is 3.18. The van der Waals surface area contributed by atoms with Crippen molar-refractivity contribution in [3.8, 4) is 0 Å². The third-order valence-electron chi connectivity index (χ3n) is 1.42. The fraction of sp³-hybridized carbons (Fsp3) is 0.500. The summed E-state index contributed by atoms with van der Waals surface area (Å²) in [6, 6.07) is 7.14. The maximum absolute atomic E-state index is 10.5. The zero-order valence-corrected chi connectivity index (χ0v) is 14.5. The van der Waals surface area contributed by atoms with Gasteiger partial charge < -0.3 is 0 Å². The first kappa shape index (κ1) is 24.0. The molecule has 0 bridgehead atoms. The first-order chi connectivity index (χ1) is 10.2. The molecule has 0 saturated heterocycles. The van der Waals surface area contributed by atoms with Crippen LogP contribution in [0.3, 0.4) is 0 Å². The van der Waals surface area contributed by atoms with E-state index in [0.29, 0.717) is 0 Å². The minimum absolute atomic E-state index is 0.750. The van der Waals surface area contributed by atoms with E-state index in [1.54, 1.807) is 37.8 Å². The number of aromatic nitrogens is 4. The summed E-state index contributed by atoms with van der Waals surface area (Å²) in [5.74, 6) is 0. The van der Waals surface area contributed by atoms with E-state index in [1.807, 2.05) is 39.8 Å². The molecule has 0 atom stereocenters. The molecule has 0 unspecified atom stereocenters. The predicted octanol–water partition coefficient (Wildman–Crippen LogP) is 3.88. The average Bonchev–Trinajstić information content (AvgIpc) is 2.57. The van der Waals surface area contributed by atoms with Gasteiger partial charge in [0, 0.05) is 18.5 Å². The fourth-order valence-electron chi connectivity index (χ4n) is 0.722. The van der Waals surface area contributed by atoms with E-state index in [2.05, 4.69) is 24.0 Å². The van der Waals surface area contributed by atoms with Crippen LogP contribution in [0.15, 0.2) is 49.1 Å². The largest absolute Gasteiger partial charge is 0.257 e. The van der Waals surface area contributed by atoms with Gasteiger partial charge in [0.1, 0.15) is 0 Å². The van der Waals surface area contributed by atoms with E-state index < -0.39 is 0 Å². The Kier molecular flexibility index (Phi) is 26.4. The molecule has 120 valence electrons. The summed E-state index contributed by atoms with van der Waals surface area (Å²) in [4.78, 5) is 10.5. The molecule has 0 fully saturated rings. The summed E-state index contributed by atoms with van der Waals surface area (Å²) in [6.07, 6.45) is 7.66. The normalized spacial score (nSPS) is 7.19. The zero-order valence-electron chi connectivity index (χ0n) is 14.5. The Balaban J connectivity index is -0.000000222. The highest BCUT2D eigenvalue weighted by Crippen LogP contribution is 1.71. The highest BCUT2D eigenvalue weighted by molar-refractivity contribution is 4.80. The molecule has 2 aromatic rings. The van der Waals surface area contributed by atoms with E-state index in [0.717, 1.165) is 4.54 Å². The summed E-state index contributed by atoms with van der Waals surface area (Å²) in [5, 5.41) is 7.07. The van der Waals surface area contributed by atoms with Crippen molar-refractivity contribution < 1.29 is 4.54 Å². The predicted molar refractivity (Wildman–Crippen MR) is 89.5 cm³/mol. The molecule has 0 aliphatic rings. The molecule has 2 aromatic heterocycles. The van der Waals surface area contributed by atoms with Gasteiger partial charge in [0.25, 0.3) is 6.20 Å². The number of rotatable bonds is 0. The zero-order chi connectivity index (χ0) is 16.9. The molecule has 21 heavy (non-hydrogen) atoms. The van der Waals surface area contributed by atoms with Crippen LogP contribution >= 0.6 is 0 Å². The number of hydrogen-bond acceptors (Lipinski definition) is 3. The molecule has 0 amide bonds. The van der Waals surface area contributed by atoms with E-state index in [-0.39, 0.29) is 0 Å². The Morgan fingerprint density at radius 2 is 1.33 bits per heavy atom. The molecule has 2 heterocycles. The molecule has 0 aromatic carbocycles. The summed E-state index contributed by atoms with van der Waals surface area (Å²) in [6.45, 7) is 12.2. The summed E-state index contributed by atoms with van der Waals surface area (Å²) >= 11 is 0. The lowest BCUT2D eigenvalue weighted by Crippen LogP contribution is -2.26. The van der Waals surface area contributed by atoms with Gasteiger partial charge in [0.2, 0.25) is 0 Å². The van der Waals surface area contributed by atoms with Gasteiger partial charge in [-0.05, 0) is 18.2 Å². The molecule has 5 nitrogen and oxygen atoms in total. The van der Waals surface area contributed by atoms with Crippen molar-refractivity contribution in [2.75, 3.05) is 0 Å². The lowest BCUT2D eigenvalue weighted by Gasteiger charge is -1.78. The summed E-state index contributed by atoms with van der Waals surface area (Å²) < 4.78 is 2.19. The summed E-state index contributed by atoms with van der Waals surface area (Å²) in [5.41, 5.74) is 0. The fourth-order valence-corrected chi connectivity index (χ4v) is 0.722. The molecule has 5 heteroatoms. The standard InChI is InChI=1S/C5H7N2O.C4H4N2.C3H8.2C2H6/c1-6-4-2-3-5-7(6)8;1-2-4-6-5-3-1;1-3-2;2*1-2/h2-5H,1H3;1-4H;3H2,1-2H3;2*1-2H3/q+1;;;;. The van der Waals surface area contributed by atoms with E-state index in [9.17, 15) is 4.91 Å². The third-order valence-corrected chi connectivity index (χ3v) is 1.42.